The summed E-state index contributed by atoms with van der Waals surface area (Å²) < 4.78 is 0. The van der Waals surface area contributed by atoms with E-state index in [2.05, 4.69) is 4.98 Å². The average Bonchev–Trinajstić information content (AvgIpc) is 1.85. The maximum Gasteiger partial charge on any atom is 0.133 e. The molecule has 0 aliphatic rings. The summed E-state index contributed by atoms with van der Waals surface area (Å²) in [6.07, 6.45) is 1.52. The second kappa shape index (κ2) is 2.88. The van der Waals surface area contributed by atoms with Gasteiger partial charge in [0, 0.05) is 11.9 Å². The van der Waals surface area contributed by atoms with Crippen molar-refractivity contribution in [3.63, 3.8) is 0 Å². The molecule has 58 valence electrons. The van der Waals surface area contributed by atoms with E-state index in [1.807, 2.05) is 0 Å². The van der Waals surface area contributed by atoms with Crippen molar-refractivity contribution in [1.29, 1.82) is 5.41 Å². The van der Waals surface area contributed by atoms with E-state index in [9.17, 15) is 0 Å². The van der Waals surface area contributed by atoms with Gasteiger partial charge in [-0.15, -0.1) is 0 Å². The van der Waals surface area contributed by atoms with E-state index in [1.165, 1.54) is 6.20 Å². The van der Waals surface area contributed by atoms with Crippen molar-refractivity contribution in [3.8, 4) is 0 Å². The van der Waals surface area contributed by atoms with Gasteiger partial charge in [0.15, 0.2) is 0 Å². The van der Waals surface area contributed by atoms with Crippen LogP contribution in [-0.4, -0.2) is 10.7 Å². The van der Waals surface area contributed by atoms with E-state index in [4.69, 9.17) is 22.7 Å². The number of hydrogen-bond donors (Lipinski definition) is 2. The van der Waals surface area contributed by atoms with Gasteiger partial charge in [-0.05, 0) is 13.0 Å². The number of anilines is 1. The quantitative estimate of drug-likeness (QED) is 0.629. The molecule has 4 heteroatoms. The topological polar surface area (TPSA) is 62.8 Å². The third-order valence-corrected chi connectivity index (χ3v) is 1.62. The summed E-state index contributed by atoms with van der Waals surface area (Å²) in [5.41, 5.74) is 6.34. The van der Waals surface area contributed by atoms with Crippen LogP contribution in [0.1, 0.15) is 12.5 Å². The highest BCUT2D eigenvalue weighted by Crippen LogP contribution is 2.19. The number of rotatable bonds is 1. The van der Waals surface area contributed by atoms with Crippen molar-refractivity contribution < 1.29 is 0 Å². The smallest absolute Gasteiger partial charge is 0.133 e. The first-order chi connectivity index (χ1) is 5.13. The molecule has 1 aromatic heterocycles. The molecule has 0 amide bonds. The molecule has 1 rings (SSSR count). The van der Waals surface area contributed by atoms with Gasteiger partial charge in [0.2, 0.25) is 0 Å². The average molecular weight is 170 g/mol. The van der Waals surface area contributed by atoms with Crippen LogP contribution >= 0.6 is 11.6 Å². The molecule has 0 bridgehead atoms. The molecule has 1 heterocycles. The highest BCUT2D eigenvalue weighted by atomic mass is 35.5. The number of pyridine rings is 1. The predicted molar refractivity (Wildman–Crippen MR) is 46.2 cm³/mol. The van der Waals surface area contributed by atoms with Crippen molar-refractivity contribution in [2.24, 2.45) is 0 Å². The van der Waals surface area contributed by atoms with Crippen LogP contribution in [-0.2, 0) is 0 Å². The summed E-state index contributed by atoms with van der Waals surface area (Å²) in [4.78, 5) is 3.81. The number of nitrogen functional groups attached to an aromatic ring is 1. The first kappa shape index (κ1) is 8.01. The minimum absolute atomic E-state index is 0.310. The lowest BCUT2D eigenvalue weighted by Crippen LogP contribution is -2.02. The van der Waals surface area contributed by atoms with Gasteiger partial charge in [-0.2, -0.15) is 0 Å². The Labute approximate surface area is 69.7 Å². The van der Waals surface area contributed by atoms with Crippen LogP contribution in [0.5, 0.6) is 0 Å². The molecule has 0 spiro atoms. The summed E-state index contributed by atoms with van der Waals surface area (Å²) >= 11 is 5.76. The molecule has 0 aliphatic carbocycles. The molecule has 0 aromatic carbocycles. The Balaban J connectivity index is 3.32. The van der Waals surface area contributed by atoms with E-state index < -0.39 is 0 Å². The summed E-state index contributed by atoms with van der Waals surface area (Å²) in [6.45, 7) is 1.62. The number of halogens is 1. The monoisotopic (exact) mass is 169 g/mol. The second-order valence-corrected chi connectivity index (χ2v) is 2.59. The fourth-order valence-electron chi connectivity index (χ4n) is 0.824. The normalized spacial score (nSPS) is 9.64. The Morgan fingerprint density at radius 1 is 1.73 bits per heavy atom. The zero-order chi connectivity index (χ0) is 8.43. The molecular weight excluding hydrogens is 162 g/mol. The van der Waals surface area contributed by atoms with Gasteiger partial charge in [0.25, 0.3) is 0 Å². The van der Waals surface area contributed by atoms with E-state index in [-0.39, 0.29) is 0 Å². The summed E-state index contributed by atoms with van der Waals surface area (Å²) in [7, 11) is 0. The summed E-state index contributed by atoms with van der Waals surface area (Å²) in [5, 5.41) is 7.79. The Morgan fingerprint density at radius 3 is 2.73 bits per heavy atom. The van der Waals surface area contributed by atoms with Crippen molar-refractivity contribution >= 4 is 23.1 Å². The molecular formula is C7H8ClN3. The third kappa shape index (κ3) is 1.49. The van der Waals surface area contributed by atoms with Crippen LogP contribution in [0, 0.1) is 5.41 Å². The van der Waals surface area contributed by atoms with Crippen molar-refractivity contribution in [1.82, 2.24) is 4.98 Å². The fraction of sp³-hybridized carbons (Fsp3) is 0.143. The molecule has 0 aliphatic heterocycles. The van der Waals surface area contributed by atoms with Crippen LogP contribution in [0.2, 0.25) is 5.02 Å². The Morgan fingerprint density at radius 2 is 2.36 bits per heavy atom. The van der Waals surface area contributed by atoms with Gasteiger partial charge in [-0.25, -0.2) is 4.98 Å². The van der Waals surface area contributed by atoms with Crippen molar-refractivity contribution in [3.05, 3.63) is 22.8 Å². The molecule has 11 heavy (non-hydrogen) atoms. The first-order valence-corrected chi connectivity index (χ1v) is 3.46. The van der Waals surface area contributed by atoms with Crippen LogP contribution in [0.25, 0.3) is 0 Å². The minimum atomic E-state index is 0.310. The molecule has 0 unspecified atom stereocenters. The second-order valence-electron chi connectivity index (χ2n) is 2.18. The lowest BCUT2D eigenvalue weighted by atomic mass is 10.2. The maximum absolute atomic E-state index is 7.31. The fourth-order valence-corrected chi connectivity index (χ4v) is 1.12. The summed E-state index contributed by atoms with van der Waals surface area (Å²) in [6, 6.07) is 1.62. The Hall–Kier alpha value is -1.09. The minimum Gasteiger partial charge on any atom is -0.383 e. The molecule has 0 saturated carbocycles. The molecule has 1 aromatic rings. The number of nitrogens with zero attached hydrogens (tertiary/aromatic N) is 1. The molecule has 0 atom stereocenters. The van der Waals surface area contributed by atoms with Crippen LogP contribution < -0.4 is 5.73 Å². The standard InChI is InChI=1S/C7H8ClN3/c1-4(9)6-5(8)2-3-11-7(6)10/h2-3,9H,1H3,(H2,10,11). The van der Waals surface area contributed by atoms with Gasteiger partial charge in [-0.1, -0.05) is 11.6 Å². The number of aromatic nitrogens is 1. The first-order valence-electron chi connectivity index (χ1n) is 3.08. The van der Waals surface area contributed by atoms with Crippen molar-refractivity contribution in [2.45, 2.75) is 6.92 Å². The maximum atomic E-state index is 7.31. The Kier molecular flexibility index (Phi) is 2.10. The lowest BCUT2D eigenvalue weighted by molar-refractivity contribution is 1.31. The SMILES string of the molecule is CC(=N)c1c(Cl)ccnc1N. The van der Waals surface area contributed by atoms with Crippen molar-refractivity contribution in [2.75, 3.05) is 5.73 Å². The van der Waals surface area contributed by atoms with Crippen LogP contribution in [0.4, 0.5) is 5.82 Å². The zero-order valence-corrected chi connectivity index (χ0v) is 6.81. The molecule has 3 nitrogen and oxygen atoms in total. The number of hydrogen-bond acceptors (Lipinski definition) is 3. The number of nitrogens with two attached hydrogens (primary N) is 1. The molecule has 0 radical (unpaired) electrons. The third-order valence-electron chi connectivity index (χ3n) is 1.30. The van der Waals surface area contributed by atoms with E-state index >= 15 is 0 Å². The zero-order valence-electron chi connectivity index (χ0n) is 6.06. The molecule has 3 N–H and O–H groups in total. The number of nitrogens with one attached hydrogen (secondary N) is 1. The van der Waals surface area contributed by atoms with E-state index in [0.29, 0.717) is 22.1 Å². The van der Waals surface area contributed by atoms with E-state index in [0.717, 1.165) is 0 Å². The Bertz CT molecular complexity index is 275. The van der Waals surface area contributed by atoms with Gasteiger partial charge < -0.3 is 11.1 Å². The van der Waals surface area contributed by atoms with Gasteiger partial charge >= 0.3 is 0 Å². The van der Waals surface area contributed by atoms with Crippen LogP contribution in [0.3, 0.4) is 0 Å². The molecule has 0 fully saturated rings. The van der Waals surface area contributed by atoms with Gasteiger partial charge in [0.05, 0.1) is 10.6 Å². The predicted octanol–water partition coefficient (Wildman–Crippen LogP) is 1.70. The lowest BCUT2D eigenvalue weighted by Gasteiger charge is -2.03. The summed E-state index contributed by atoms with van der Waals surface area (Å²) in [5.74, 6) is 0.310. The highest BCUT2D eigenvalue weighted by molar-refractivity contribution is 6.34. The largest absolute Gasteiger partial charge is 0.383 e. The van der Waals surface area contributed by atoms with Crippen LogP contribution in [0.15, 0.2) is 12.3 Å². The molecule has 0 saturated heterocycles. The van der Waals surface area contributed by atoms with Gasteiger partial charge in [-0.3, -0.25) is 0 Å². The van der Waals surface area contributed by atoms with Gasteiger partial charge in [0.1, 0.15) is 5.82 Å². The highest BCUT2D eigenvalue weighted by Gasteiger charge is 2.06. The van der Waals surface area contributed by atoms with E-state index in [1.54, 1.807) is 13.0 Å².